The van der Waals surface area contributed by atoms with Gasteiger partial charge in [0.15, 0.2) is 0 Å². The summed E-state index contributed by atoms with van der Waals surface area (Å²) in [6.45, 7) is 14.2. The minimum Gasteiger partial charge on any atom is -0.298 e. The second kappa shape index (κ2) is 4.97. The largest absolute Gasteiger partial charge is 0.298 e. The summed E-state index contributed by atoms with van der Waals surface area (Å²) in [5, 5.41) is 0. The number of nitrogens with zero attached hydrogens (tertiary/aromatic N) is 2. The fourth-order valence-electron chi connectivity index (χ4n) is 1.95. The van der Waals surface area contributed by atoms with Gasteiger partial charge in [0.1, 0.15) is 0 Å². The van der Waals surface area contributed by atoms with Gasteiger partial charge in [-0.1, -0.05) is 6.92 Å². The Morgan fingerprint density at radius 2 is 1.38 bits per heavy atom. The van der Waals surface area contributed by atoms with Crippen LogP contribution in [0.1, 0.15) is 34.1 Å². The maximum atomic E-state index is 2.61. The first-order valence-corrected chi connectivity index (χ1v) is 5.63. The van der Waals surface area contributed by atoms with Crippen molar-refractivity contribution in [2.45, 2.75) is 46.2 Å². The monoisotopic (exact) mass is 184 g/mol. The van der Waals surface area contributed by atoms with E-state index in [2.05, 4.69) is 37.5 Å². The lowest BCUT2D eigenvalue weighted by Gasteiger charge is -2.39. The highest BCUT2D eigenvalue weighted by Gasteiger charge is 2.20. The molecular formula is C11H24N2. The van der Waals surface area contributed by atoms with Crippen LogP contribution in [-0.2, 0) is 0 Å². The molecular weight excluding hydrogens is 160 g/mol. The van der Waals surface area contributed by atoms with Gasteiger partial charge in [0.2, 0.25) is 0 Å². The molecule has 0 amide bonds. The average molecular weight is 184 g/mol. The molecule has 0 unspecified atom stereocenters. The van der Waals surface area contributed by atoms with Crippen LogP contribution in [0.5, 0.6) is 0 Å². The second-order valence-corrected chi connectivity index (χ2v) is 4.42. The van der Waals surface area contributed by atoms with Crippen LogP contribution in [0.4, 0.5) is 0 Å². The summed E-state index contributed by atoms with van der Waals surface area (Å²) in [6.07, 6.45) is 1.28. The Balaban J connectivity index is 2.30. The van der Waals surface area contributed by atoms with Gasteiger partial charge in [0.05, 0.1) is 0 Å². The summed E-state index contributed by atoms with van der Waals surface area (Å²) in [7, 11) is 0. The van der Waals surface area contributed by atoms with E-state index in [1.54, 1.807) is 0 Å². The first kappa shape index (κ1) is 11.0. The van der Waals surface area contributed by atoms with Gasteiger partial charge in [-0.15, -0.1) is 0 Å². The molecule has 78 valence electrons. The standard InChI is InChI=1S/C11H24N2/c1-5-11(4)13-8-6-12(7-9-13)10(2)3/h10-11H,5-9H2,1-4H3/t11-/m1/s1. The molecule has 0 aromatic carbocycles. The Hall–Kier alpha value is -0.0800. The van der Waals surface area contributed by atoms with Crippen LogP contribution < -0.4 is 0 Å². The minimum atomic E-state index is 0.721. The second-order valence-electron chi connectivity index (χ2n) is 4.42. The summed E-state index contributed by atoms with van der Waals surface area (Å²) in [6, 6.07) is 1.49. The van der Waals surface area contributed by atoms with E-state index >= 15 is 0 Å². The SMILES string of the molecule is CC[C@@H](C)N1CCN(C(C)C)CC1. The first-order chi connectivity index (χ1) is 6.15. The van der Waals surface area contributed by atoms with Gasteiger partial charge in [-0.3, -0.25) is 9.80 Å². The quantitative estimate of drug-likeness (QED) is 0.660. The fourth-order valence-corrected chi connectivity index (χ4v) is 1.95. The summed E-state index contributed by atoms with van der Waals surface area (Å²) in [5.74, 6) is 0. The molecule has 2 nitrogen and oxygen atoms in total. The number of hydrogen-bond acceptors (Lipinski definition) is 2. The van der Waals surface area contributed by atoms with Crippen LogP contribution in [0.3, 0.4) is 0 Å². The van der Waals surface area contributed by atoms with Crippen LogP contribution in [-0.4, -0.2) is 48.1 Å². The highest BCUT2D eigenvalue weighted by atomic mass is 15.3. The third-order valence-electron chi connectivity index (χ3n) is 3.29. The molecule has 1 fully saturated rings. The highest BCUT2D eigenvalue weighted by molar-refractivity contribution is 4.77. The molecule has 1 aliphatic heterocycles. The summed E-state index contributed by atoms with van der Waals surface area (Å²) >= 11 is 0. The Bertz CT molecular complexity index is 137. The molecule has 1 rings (SSSR count). The zero-order valence-electron chi connectivity index (χ0n) is 9.58. The summed E-state index contributed by atoms with van der Waals surface area (Å²) < 4.78 is 0. The normalized spacial score (nSPS) is 23.8. The van der Waals surface area contributed by atoms with Crippen molar-refractivity contribution in [2.24, 2.45) is 0 Å². The van der Waals surface area contributed by atoms with E-state index in [1.807, 2.05) is 0 Å². The molecule has 0 radical (unpaired) electrons. The van der Waals surface area contributed by atoms with Gasteiger partial charge in [0, 0.05) is 38.3 Å². The van der Waals surface area contributed by atoms with Crippen LogP contribution in [0.2, 0.25) is 0 Å². The summed E-state index contributed by atoms with van der Waals surface area (Å²) in [5.41, 5.74) is 0. The van der Waals surface area contributed by atoms with Crippen molar-refractivity contribution in [1.82, 2.24) is 9.80 Å². The Morgan fingerprint density at radius 1 is 0.923 bits per heavy atom. The first-order valence-electron chi connectivity index (χ1n) is 5.63. The van der Waals surface area contributed by atoms with Crippen molar-refractivity contribution < 1.29 is 0 Å². The lowest BCUT2D eigenvalue weighted by molar-refractivity contribution is 0.0822. The van der Waals surface area contributed by atoms with Crippen molar-refractivity contribution >= 4 is 0 Å². The smallest absolute Gasteiger partial charge is 0.0113 e. The maximum absolute atomic E-state index is 2.61. The molecule has 1 heterocycles. The molecule has 2 heteroatoms. The van der Waals surface area contributed by atoms with Crippen LogP contribution in [0.25, 0.3) is 0 Å². The van der Waals surface area contributed by atoms with E-state index < -0.39 is 0 Å². The van der Waals surface area contributed by atoms with Crippen molar-refractivity contribution in [3.05, 3.63) is 0 Å². The molecule has 0 aromatic heterocycles. The van der Waals surface area contributed by atoms with Crippen LogP contribution >= 0.6 is 0 Å². The molecule has 0 bridgehead atoms. The van der Waals surface area contributed by atoms with Crippen molar-refractivity contribution in [3.8, 4) is 0 Å². The third-order valence-corrected chi connectivity index (χ3v) is 3.29. The van der Waals surface area contributed by atoms with Gasteiger partial charge >= 0.3 is 0 Å². The fraction of sp³-hybridized carbons (Fsp3) is 1.00. The molecule has 0 saturated carbocycles. The van der Waals surface area contributed by atoms with E-state index in [0.717, 1.165) is 12.1 Å². The number of rotatable bonds is 3. The zero-order chi connectivity index (χ0) is 9.84. The molecule has 0 aliphatic carbocycles. The van der Waals surface area contributed by atoms with Crippen LogP contribution in [0.15, 0.2) is 0 Å². The predicted octanol–water partition coefficient (Wildman–Crippen LogP) is 1.81. The molecule has 0 spiro atoms. The third kappa shape index (κ3) is 2.96. The molecule has 1 saturated heterocycles. The van der Waals surface area contributed by atoms with Crippen molar-refractivity contribution in [3.63, 3.8) is 0 Å². The Kier molecular flexibility index (Phi) is 4.20. The van der Waals surface area contributed by atoms with Gasteiger partial charge in [-0.2, -0.15) is 0 Å². The Labute approximate surface area is 82.9 Å². The predicted molar refractivity (Wildman–Crippen MR) is 58.0 cm³/mol. The minimum absolute atomic E-state index is 0.721. The van der Waals surface area contributed by atoms with Crippen molar-refractivity contribution in [1.29, 1.82) is 0 Å². The average Bonchev–Trinajstić information content (AvgIpc) is 2.17. The van der Waals surface area contributed by atoms with Gasteiger partial charge in [-0.05, 0) is 27.2 Å². The highest BCUT2D eigenvalue weighted by Crippen LogP contribution is 2.10. The van der Waals surface area contributed by atoms with E-state index in [-0.39, 0.29) is 0 Å². The maximum Gasteiger partial charge on any atom is 0.0113 e. The van der Waals surface area contributed by atoms with Gasteiger partial charge < -0.3 is 0 Å². The molecule has 13 heavy (non-hydrogen) atoms. The van der Waals surface area contributed by atoms with Crippen molar-refractivity contribution in [2.75, 3.05) is 26.2 Å². The molecule has 1 atom stereocenters. The van der Waals surface area contributed by atoms with Gasteiger partial charge in [-0.25, -0.2) is 0 Å². The van der Waals surface area contributed by atoms with E-state index in [4.69, 9.17) is 0 Å². The van der Waals surface area contributed by atoms with E-state index in [9.17, 15) is 0 Å². The van der Waals surface area contributed by atoms with Gasteiger partial charge in [0.25, 0.3) is 0 Å². The Morgan fingerprint density at radius 3 is 1.77 bits per heavy atom. The summed E-state index contributed by atoms with van der Waals surface area (Å²) in [4.78, 5) is 5.18. The zero-order valence-corrected chi connectivity index (χ0v) is 9.58. The number of piperazine rings is 1. The van der Waals surface area contributed by atoms with E-state index in [0.29, 0.717) is 0 Å². The lowest BCUT2D eigenvalue weighted by atomic mass is 10.1. The molecule has 0 N–H and O–H groups in total. The topological polar surface area (TPSA) is 6.48 Å². The van der Waals surface area contributed by atoms with Crippen LogP contribution in [0, 0.1) is 0 Å². The molecule has 0 aromatic rings. The lowest BCUT2D eigenvalue weighted by Crippen LogP contribution is -2.51. The van der Waals surface area contributed by atoms with E-state index in [1.165, 1.54) is 32.6 Å². The number of hydrogen-bond donors (Lipinski definition) is 0. The molecule has 1 aliphatic rings.